The predicted octanol–water partition coefficient (Wildman–Crippen LogP) is 2.71. The Morgan fingerprint density at radius 2 is 1.90 bits per heavy atom. The minimum absolute atomic E-state index is 0.0102. The molecule has 1 aliphatic rings. The molecular weight excluding hydrogens is 380 g/mol. The van der Waals surface area contributed by atoms with Crippen molar-refractivity contribution in [1.29, 1.82) is 0 Å². The van der Waals surface area contributed by atoms with Crippen LogP contribution in [0.5, 0.6) is 23.0 Å². The second kappa shape index (κ2) is 8.96. The van der Waals surface area contributed by atoms with Crippen LogP contribution in [0.4, 0.5) is 5.69 Å². The first kappa shape index (κ1) is 20.0. The normalized spacial score (nSPS) is 12.1. The molecular formula is C20H20N2O7. The van der Waals surface area contributed by atoms with Gasteiger partial charge in [0, 0.05) is 12.6 Å². The maximum atomic E-state index is 12.1. The number of fused-ring (bicyclic) bond motifs is 1. The van der Waals surface area contributed by atoms with E-state index in [-0.39, 0.29) is 24.0 Å². The molecule has 152 valence electrons. The van der Waals surface area contributed by atoms with E-state index in [1.807, 2.05) is 12.1 Å². The SMILES string of the molecule is COc1ccc(CCNC(=O)/C=C/c2cc3c(cc2[N+](=O)[O-])OCO3)cc1OC. The molecule has 9 nitrogen and oxygen atoms in total. The molecule has 2 aromatic carbocycles. The van der Waals surface area contributed by atoms with Gasteiger partial charge in [-0.3, -0.25) is 14.9 Å². The fourth-order valence-corrected chi connectivity index (χ4v) is 2.83. The topological polar surface area (TPSA) is 109 Å². The number of nitro benzene ring substituents is 1. The van der Waals surface area contributed by atoms with E-state index in [2.05, 4.69) is 5.32 Å². The van der Waals surface area contributed by atoms with Crippen molar-refractivity contribution in [3.05, 3.63) is 57.6 Å². The fraction of sp³-hybridized carbons (Fsp3) is 0.250. The molecule has 29 heavy (non-hydrogen) atoms. The van der Waals surface area contributed by atoms with Crippen molar-refractivity contribution >= 4 is 17.7 Å². The third-order valence-corrected chi connectivity index (χ3v) is 4.29. The molecule has 0 radical (unpaired) electrons. The zero-order valence-electron chi connectivity index (χ0n) is 16.0. The number of hydrogen-bond donors (Lipinski definition) is 1. The second-order valence-electron chi connectivity index (χ2n) is 6.09. The average molecular weight is 400 g/mol. The Labute approximate surface area is 167 Å². The summed E-state index contributed by atoms with van der Waals surface area (Å²) in [5, 5.41) is 14.0. The quantitative estimate of drug-likeness (QED) is 0.412. The minimum Gasteiger partial charge on any atom is -0.493 e. The lowest BCUT2D eigenvalue weighted by Crippen LogP contribution is -2.23. The van der Waals surface area contributed by atoms with Gasteiger partial charge in [-0.15, -0.1) is 0 Å². The Morgan fingerprint density at radius 3 is 2.59 bits per heavy atom. The van der Waals surface area contributed by atoms with E-state index in [0.29, 0.717) is 36.0 Å². The summed E-state index contributed by atoms with van der Waals surface area (Å²) in [7, 11) is 3.12. The molecule has 1 aliphatic heterocycles. The zero-order valence-corrected chi connectivity index (χ0v) is 16.0. The van der Waals surface area contributed by atoms with Gasteiger partial charge in [0.05, 0.1) is 30.8 Å². The summed E-state index contributed by atoms with van der Waals surface area (Å²) in [5.74, 6) is 1.61. The molecule has 0 bridgehead atoms. The van der Waals surface area contributed by atoms with Crippen LogP contribution >= 0.6 is 0 Å². The number of benzene rings is 2. The van der Waals surface area contributed by atoms with Crippen LogP contribution < -0.4 is 24.3 Å². The van der Waals surface area contributed by atoms with Crippen molar-refractivity contribution in [2.75, 3.05) is 27.6 Å². The zero-order chi connectivity index (χ0) is 20.8. The molecule has 0 saturated carbocycles. The average Bonchev–Trinajstić information content (AvgIpc) is 3.18. The number of ether oxygens (including phenoxy) is 4. The highest BCUT2D eigenvalue weighted by atomic mass is 16.7. The molecule has 0 unspecified atom stereocenters. The number of carbonyl (C=O) groups excluding carboxylic acids is 1. The first-order chi connectivity index (χ1) is 14.0. The van der Waals surface area contributed by atoms with Gasteiger partial charge in [0.1, 0.15) is 0 Å². The Kier molecular flexibility index (Phi) is 6.18. The third-order valence-electron chi connectivity index (χ3n) is 4.29. The Hall–Kier alpha value is -3.75. The van der Waals surface area contributed by atoms with Crippen LogP contribution in [0.2, 0.25) is 0 Å². The van der Waals surface area contributed by atoms with Gasteiger partial charge in [-0.2, -0.15) is 0 Å². The largest absolute Gasteiger partial charge is 0.493 e. The van der Waals surface area contributed by atoms with Gasteiger partial charge >= 0.3 is 0 Å². The van der Waals surface area contributed by atoms with Gasteiger partial charge in [0.2, 0.25) is 12.7 Å². The first-order valence-corrected chi connectivity index (χ1v) is 8.76. The highest BCUT2D eigenvalue weighted by Gasteiger charge is 2.22. The van der Waals surface area contributed by atoms with E-state index < -0.39 is 4.92 Å². The minimum atomic E-state index is -0.531. The second-order valence-corrected chi connectivity index (χ2v) is 6.09. The van der Waals surface area contributed by atoms with Gasteiger partial charge < -0.3 is 24.3 Å². The summed E-state index contributed by atoms with van der Waals surface area (Å²) >= 11 is 0. The van der Waals surface area contributed by atoms with Gasteiger partial charge in [-0.25, -0.2) is 0 Å². The first-order valence-electron chi connectivity index (χ1n) is 8.76. The number of nitro groups is 1. The molecule has 0 aliphatic carbocycles. The third kappa shape index (κ3) is 4.75. The lowest BCUT2D eigenvalue weighted by molar-refractivity contribution is -0.385. The van der Waals surface area contributed by atoms with Gasteiger partial charge in [-0.1, -0.05) is 6.07 Å². The fourth-order valence-electron chi connectivity index (χ4n) is 2.83. The number of rotatable bonds is 8. The van der Waals surface area contributed by atoms with Crippen molar-refractivity contribution in [2.24, 2.45) is 0 Å². The molecule has 2 aromatic rings. The number of methoxy groups -OCH3 is 2. The lowest BCUT2D eigenvalue weighted by atomic mass is 10.1. The highest BCUT2D eigenvalue weighted by Crippen LogP contribution is 2.38. The number of amides is 1. The van der Waals surface area contributed by atoms with Crippen LogP contribution in [0.3, 0.4) is 0 Å². The number of nitrogens with one attached hydrogen (secondary N) is 1. The van der Waals surface area contributed by atoms with Crippen LogP contribution in [-0.4, -0.2) is 38.4 Å². The number of nitrogens with zero attached hydrogens (tertiary/aromatic N) is 1. The van der Waals surface area contributed by atoms with Gasteiger partial charge in [-0.05, 0) is 36.3 Å². The summed E-state index contributed by atoms with van der Waals surface area (Å²) in [4.78, 5) is 22.8. The summed E-state index contributed by atoms with van der Waals surface area (Å²) in [6, 6.07) is 8.30. The molecule has 9 heteroatoms. The smallest absolute Gasteiger partial charge is 0.280 e. The molecule has 0 spiro atoms. The maximum absolute atomic E-state index is 12.1. The Morgan fingerprint density at radius 1 is 1.17 bits per heavy atom. The Bertz CT molecular complexity index is 956. The number of carbonyl (C=O) groups is 1. The van der Waals surface area contributed by atoms with Crippen LogP contribution in [0, 0.1) is 10.1 Å². The van der Waals surface area contributed by atoms with Gasteiger partial charge in [0.25, 0.3) is 5.69 Å². The number of hydrogen-bond acceptors (Lipinski definition) is 7. The summed E-state index contributed by atoms with van der Waals surface area (Å²) < 4.78 is 20.8. The van der Waals surface area contributed by atoms with E-state index >= 15 is 0 Å². The van der Waals surface area contributed by atoms with E-state index in [1.165, 1.54) is 24.3 Å². The molecule has 0 saturated heterocycles. The van der Waals surface area contributed by atoms with Crippen LogP contribution in [-0.2, 0) is 11.2 Å². The molecule has 3 rings (SSSR count). The monoisotopic (exact) mass is 400 g/mol. The van der Waals surface area contributed by atoms with Crippen molar-refractivity contribution in [3.8, 4) is 23.0 Å². The maximum Gasteiger partial charge on any atom is 0.280 e. The van der Waals surface area contributed by atoms with Crippen molar-refractivity contribution in [2.45, 2.75) is 6.42 Å². The van der Waals surface area contributed by atoms with E-state index in [9.17, 15) is 14.9 Å². The van der Waals surface area contributed by atoms with Crippen LogP contribution in [0.15, 0.2) is 36.4 Å². The lowest BCUT2D eigenvalue weighted by Gasteiger charge is -2.09. The van der Waals surface area contributed by atoms with Crippen molar-refractivity contribution < 1.29 is 28.7 Å². The predicted molar refractivity (Wildman–Crippen MR) is 105 cm³/mol. The summed E-state index contributed by atoms with van der Waals surface area (Å²) in [6.45, 7) is 0.401. The standard InChI is InChI=1S/C20H20N2O7/c1-26-16-5-3-13(9-17(16)27-2)7-8-21-20(23)6-4-14-10-18-19(29-12-28-18)11-15(14)22(24)25/h3-6,9-11H,7-8,12H2,1-2H3,(H,21,23)/b6-4+. The van der Waals surface area contributed by atoms with Crippen molar-refractivity contribution in [1.82, 2.24) is 5.32 Å². The van der Waals surface area contributed by atoms with Crippen LogP contribution in [0.1, 0.15) is 11.1 Å². The Balaban J connectivity index is 1.60. The van der Waals surface area contributed by atoms with E-state index in [0.717, 1.165) is 5.56 Å². The highest BCUT2D eigenvalue weighted by molar-refractivity contribution is 5.92. The summed E-state index contributed by atoms with van der Waals surface area (Å²) in [6.07, 6.45) is 3.22. The van der Waals surface area contributed by atoms with Crippen LogP contribution in [0.25, 0.3) is 6.08 Å². The van der Waals surface area contributed by atoms with Gasteiger partial charge in [0.15, 0.2) is 23.0 Å². The molecule has 0 aromatic heterocycles. The molecule has 1 heterocycles. The molecule has 0 atom stereocenters. The molecule has 0 fully saturated rings. The van der Waals surface area contributed by atoms with E-state index in [4.69, 9.17) is 18.9 Å². The van der Waals surface area contributed by atoms with Crippen molar-refractivity contribution in [3.63, 3.8) is 0 Å². The summed E-state index contributed by atoms with van der Waals surface area (Å²) in [5.41, 5.74) is 1.07. The molecule has 1 amide bonds. The molecule has 1 N–H and O–H groups in total. The van der Waals surface area contributed by atoms with E-state index in [1.54, 1.807) is 20.3 Å².